The topological polar surface area (TPSA) is 48.5 Å². The molecule has 8 heteroatoms. The zero-order valence-corrected chi connectivity index (χ0v) is 17.7. The van der Waals surface area contributed by atoms with Crippen molar-refractivity contribution in [2.45, 2.75) is 51.4 Å². The van der Waals surface area contributed by atoms with E-state index < -0.39 is 17.8 Å². The fourth-order valence-electron chi connectivity index (χ4n) is 3.84. The fraction of sp³-hybridized carbons (Fsp3) is 0.478. The summed E-state index contributed by atoms with van der Waals surface area (Å²) in [7, 11) is 0. The molecule has 2 amide bonds. The van der Waals surface area contributed by atoms with E-state index in [1.807, 2.05) is 30.3 Å². The quantitative estimate of drug-likeness (QED) is 0.635. The lowest BCUT2D eigenvalue weighted by Crippen LogP contribution is -2.48. The van der Waals surface area contributed by atoms with Crippen LogP contribution in [0.15, 0.2) is 48.8 Å². The summed E-state index contributed by atoms with van der Waals surface area (Å²) in [6.07, 6.45) is 1.46. The molecule has 0 atom stereocenters. The third-order valence-corrected chi connectivity index (χ3v) is 5.60. The monoisotopic (exact) mass is 434 g/mol. The van der Waals surface area contributed by atoms with E-state index in [1.54, 1.807) is 4.90 Å². The average Bonchev–Trinajstić information content (AvgIpc) is 2.77. The molecule has 5 nitrogen and oxygen atoms in total. The Bertz CT molecular complexity index is 836. The molecule has 0 saturated carbocycles. The van der Waals surface area contributed by atoms with Crippen LogP contribution in [0.4, 0.5) is 23.7 Å². The summed E-state index contributed by atoms with van der Waals surface area (Å²) in [5.74, 6) is 0. The van der Waals surface area contributed by atoms with Gasteiger partial charge in [-0.2, -0.15) is 13.2 Å². The molecule has 1 N–H and O–H groups in total. The van der Waals surface area contributed by atoms with E-state index >= 15 is 0 Å². The number of aromatic nitrogens is 1. The van der Waals surface area contributed by atoms with Crippen LogP contribution in [0, 0.1) is 0 Å². The summed E-state index contributed by atoms with van der Waals surface area (Å²) in [5, 5.41) is 2.63. The lowest BCUT2D eigenvalue weighted by Gasteiger charge is -2.38. The summed E-state index contributed by atoms with van der Waals surface area (Å²) in [6.45, 7) is 5.45. The van der Waals surface area contributed by atoms with Crippen LogP contribution in [0.3, 0.4) is 0 Å². The van der Waals surface area contributed by atoms with E-state index in [9.17, 15) is 18.0 Å². The number of piperidine rings is 1. The minimum Gasteiger partial charge on any atom is -0.317 e. The smallest absolute Gasteiger partial charge is 0.317 e. The van der Waals surface area contributed by atoms with Crippen LogP contribution in [0.2, 0.25) is 0 Å². The van der Waals surface area contributed by atoms with Crippen molar-refractivity contribution >= 4 is 11.7 Å². The van der Waals surface area contributed by atoms with E-state index in [2.05, 4.69) is 22.1 Å². The van der Waals surface area contributed by atoms with Gasteiger partial charge in [0.25, 0.3) is 0 Å². The van der Waals surface area contributed by atoms with Crippen LogP contribution < -0.4 is 5.32 Å². The van der Waals surface area contributed by atoms with Crippen molar-refractivity contribution in [2.24, 2.45) is 0 Å². The number of likely N-dealkylation sites (tertiary alicyclic amines) is 1. The molecule has 2 heterocycles. The summed E-state index contributed by atoms with van der Waals surface area (Å²) in [5.41, 5.74) is 0.135. The second kappa shape index (κ2) is 10.6. The summed E-state index contributed by atoms with van der Waals surface area (Å²) in [6, 6.07) is 10.2. The highest BCUT2D eigenvalue weighted by molar-refractivity contribution is 5.89. The number of halogens is 3. The maximum atomic E-state index is 13.1. The van der Waals surface area contributed by atoms with Crippen LogP contribution in [-0.4, -0.2) is 46.5 Å². The van der Waals surface area contributed by atoms with Gasteiger partial charge in [0.15, 0.2) is 0 Å². The van der Waals surface area contributed by atoms with Crippen LogP contribution in [-0.2, 0) is 12.7 Å². The summed E-state index contributed by atoms with van der Waals surface area (Å²) in [4.78, 5) is 20.9. The lowest BCUT2D eigenvalue weighted by atomic mass is 10.0. The standard InChI is InChI=1S/C23H29F3N4O/c1-2-3-11-29-12-9-21(10-13-29)30(17-18-7-5-4-6-8-18)22(31)28-20-14-19(15-27-16-20)23(24,25)26/h4-8,14-16,21H,2-3,9-13,17H2,1H3,(H,28,31). The van der Waals surface area contributed by atoms with E-state index in [1.165, 1.54) is 6.20 Å². The maximum Gasteiger partial charge on any atom is 0.417 e. The van der Waals surface area contributed by atoms with Gasteiger partial charge in [-0.25, -0.2) is 4.79 Å². The molecular weight excluding hydrogens is 405 g/mol. The van der Waals surface area contributed by atoms with Crippen LogP contribution >= 0.6 is 0 Å². The number of nitrogens with zero attached hydrogens (tertiary/aromatic N) is 3. The van der Waals surface area contributed by atoms with Gasteiger partial charge in [-0.1, -0.05) is 43.7 Å². The normalized spacial score (nSPS) is 15.6. The van der Waals surface area contributed by atoms with Crippen molar-refractivity contribution in [1.82, 2.24) is 14.8 Å². The maximum absolute atomic E-state index is 13.1. The third kappa shape index (κ3) is 6.69. The van der Waals surface area contributed by atoms with E-state index in [-0.39, 0.29) is 11.7 Å². The predicted molar refractivity (Wildman–Crippen MR) is 115 cm³/mol. The first-order valence-electron chi connectivity index (χ1n) is 10.7. The molecule has 0 unspecified atom stereocenters. The first-order chi connectivity index (χ1) is 14.9. The molecule has 0 bridgehead atoms. The Hall–Kier alpha value is -2.61. The number of urea groups is 1. The number of unbranched alkanes of at least 4 members (excludes halogenated alkanes) is 1. The molecule has 1 aliphatic rings. The Morgan fingerprint density at radius 2 is 1.90 bits per heavy atom. The number of pyridine rings is 1. The number of anilines is 1. The number of alkyl halides is 3. The Labute approximate surface area is 181 Å². The average molecular weight is 435 g/mol. The number of amides is 2. The predicted octanol–water partition coefficient (Wildman–Crippen LogP) is 5.40. The van der Waals surface area contributed by atoms with Gasteiger partial charge < -0.3 is 15.1 Å². The second-order valence-electron chi connectivity index (χ2n) is 7.93. The van der Waals surface area contributed by atoms with Crippen molar-refractivity contribution in [3.8, 4) is 0 Å². The van der Waals surface area contributed by atoms with Crippen molar-refractivity contribution < 1.29 is 18.0 Å². The van der Waals surface area contributed by atoms with Crippen molar-refractivity contribution in [1.29, 1.82) is 0 Å². The van der Waals surface area contributed by atoms with Gasteiger partial charge >= 0.3 is 12.2 Å². The number of rotatable bonds is 7. The zero-order valence-electron chi connectivity index (χ0n) is 17.7. The van der Waals surface area contributed by atoms with Gasteiger partial charge in [-0.15, -0.1) is 0 Å². The number of carbonyl (C=O) groups excluding carboxylic acids is 1. The van der Waals surface area contributed by atoms with Crippen LogP contribution in [0.1, 0.15) is 43.7 Å². The summed E-state index contributed by atoms with van der Waals surface area (Å²) >= 11 is 0. The molecule has 168 valence electrons. The van der Waals surface area contributed by atoms with E-state index in [0.717, 1.165) is 63.1 Å². The van der Waals surface area contributed by atoms with Crippen molar-refractivity contribution in [3.05, 3.63) is 59.9 Å². The molecule has 31 heavy (non-hydrogen) atoms. The zero-order chi connectivity index (χ0) is 22.3. The molecule has 1 aromatic heterocycles. The minimum absolute atomic E-state index is 0.0249. The van der Waals surface area contributed by atoms with Gasteiger partial charge in [0, 0.05) is 31.9 Å². The molecule has 0 spiro atoms. The highest BCUT2D eigenvalue weighted by Crippen LogP contribution is 2.30. The lowest BCUT2D eigenvalue weighted by molar-refractivity contribution is -0.137. The van der Waals surface area contributed by atoms with Gasteiger partial charge in [0.2, 0.25) is 0 Å². The van der Waals surface area contributed by atoms with E-state index in [0.29, 0.717) is 6.54 Å². The molecule has 0 radical (unpaired) electrons. The van der Waals surface area contributed by atoms with E-state index in [4.69, 9.17) is 0 Å². The number of benzene rings is 1. The third-order valence-electron chi connectivity index (χ3n) is 5.60. The van der Waals surface area contributed by atoms with Gasteiger partial charge in [-0.3, -0.25) is 4.98 Å². The van der Waals surface area contributed by atoms with Crippen LogP contribution in [0.25, 0.3) is 0 Å². The largest absolute Gasteiger partial charge is 0.417 e. The highest BCUT2D eigenvalue weighted by atomic mass is 19.4. The first-order valence-corrected chi connectivity index (χ1v) is 10.7. The first kappa shape index (κ1) is 23.1. The Morgan fingerprint density at radius 3 is 2.55 bits per heavy atom. The fourth-order valence-corrected chi connectivity index (χ4v) is 3.84. The Kier molecular flexibility index (Phi) is 7.90. The molecule has 3 rings (SSSR count). The second-order valence-corrected chi connectivity index (χ2v) is 7.93. The number of hydrogen-bond donors (Lipinski definition) is 1. The molecule has 1 saturated heterocycles. The van der Waals surface area contributed by atoms with Gasteiger partial charge in [0.05, 0.1) is 17.4 Å². The Balaban J connectivity index is 1.73. The van der Waals surface area contributed by atoms with Crippen molar-refractivity contribution in [2.75, 3.05) is 25.0 Å². The molecule has 1 aliphatic heterocycles. The minimum atomic E-state index is -4.51. The molecule has 1 aromatic carbocycles. The highest BCUT2D eigenvalue weighted by Gasteiger charge is 2.32. The van der Waals surface area contributed by atoms with Gasteiger partial charge in [0.1, 0.15) is 0 Å². The van der Waals surface area contributed by atoms with Gasteiger partial charge in [-0.05, 0) is 37.4 Å². The number of hydrogen-bond acceptors (Lipinski definition) is 3. The number of nitrogens with one attached hydrogen (secondary N) is 1. The summed E-state index contributed by atoms with van der Waals surface area (Å²) < 4.78 is 39.0. The SMILES string of the molecule is CCCCN1CCC(N(Cc2ccccc2)C(=O)Nc2cncc(C(F)(F)F)c2)CC1. The molecular formula is C23H29F3N4O. The Morgan fingerprint density at radius 1 is 1.19 bits per heavy atom. The van der Waals surface area contributed by atoms with Crippen LogP contribution in [0.5, 0.6) is 0 Å². The molecule has 0 aliphatic carbocycles. The molecule has 1 fully saturated rings. The molecule has 2 aromatic rings. The van der Waals surface area contributed by atoms with Crippen molar-refractivity contribution in [3.63, 3.8) is 0 Å². The number of carbonyl (C=O) groups is 1.